The lowest BCUT2D eigenvalue weighted by atomic mass is 9.91. The fourth-order valence-electron chi connectivity index (χ4n) is 8.18. The monoisotopic (exact) mass is 886 g/mol. The maximum absolute atomic E-state index is 14.6. The van der Waals surface area contributed by atoms with Crippen LogP contribution in [0, 0.1) is 17.8 Å². The third kappa shape index (κ3) is 14.6. The van der Waals surface area contributed by atoms with Gasteiger partial charge < -0.3 is 51.0 Å². The number of fused-ring (bicyclic) bond motifs is 1. The Balaban J connectivity index is 2.18. The van der Waals surface area contributed by atoms with Gasteiger partial charge in [-0.25, -0.2) is 4.79 Å². The van der Waals surface area contributed by atoms with Crippen LogP contribution in [0.2, 0.25) is 0 Å². The van der Waals surface area contributed by atoms with Gasteiger partial charge in [0.05, 0.1) is 31.7 Å². The number of carbonyl (C=O) groups is 7. The van der Waals surface area contributed by atoms with Gasteiger partial charge in [0.15, 0.2) is 0 Å². The number of hydrogen-bond donors (Lipinski definition) is 6. The lowest BCUT2D eigenvalue weighted by Crippen LogP contribution is -2.61. The number of rotatable bonds is 13. The number of methoxy groups -OCH3 is 1. The first kappa shape index (κ1) is 52.6. The summed E-state index contributed by atoms with van der Waals surface area (Å²) in [5.41, 5.74) is -0.691. The normalized spacial score (nSPS) is 26.8. The Hall–Kier alpha value is -4.77. The number of esters is 1. The van der Waals surface area contributed by atoms with Crippen molar-refractivity contribution in [3.8, 4) is 5.75 Å². The summed E-state index contributed by atoms with van der Waals surface area (Å²) >= 11 is 0. The Morgan fingerprint density at radius 2 is 1.65 bits per heavy atom. The number of nitrogens with one attached hydrogen (secondary N) is 5. The molecule has 354 valence electrons. The van der Waals surface area contributed by atoms with Gasteiger partial charge in [0.1, 0.15) is 41.6 Å². The second kappa shape index (κ2) is 23.8. The lowest BCUT2D eigenvalue weighted by Gasteiger charge is -2.35. The summed E-state index contributed by atoms with van der Waals surface area (Å²) in [7, 11) is 4.66. The minimum Gasteiger partial charge on any atom is -0.497 e. The number of nitrogens with zero attached hydrogens (tertiary/aromatic N) is 2. The van der Waals surface area contributed by atoms with E-state index in [4.69, 9.17) is 9.47 Å². The van der Waals surface area contributed by atoms with Crippen LogP contribution in [0.5, 0.6) is 5.75 Å². The lowest BCUT2D eigenvalue weighted by molar-refractivity contribution is -0.162. The van der Waals surface area contributed by atoms with E-state index in [1.807, 2.05) is 46.8 Å². The Morgan fingerprint density at radius 3 is 2.22 bits per heavy atom. The van der Waals surface area contributed by atoms with Gasteiger partial charge in [-0.2, -0.15) is 0 Å². The zero-order chi connectivity index (χ0) is 47.3. The van der Waals surface area contributed by atoms with Crippen LogP contribution in [0.15, 0.2) is 24.3 Å². The summed E-state index contributed by atoms with van der Waals surface area (Å²) in [6, 6.07) is 0.886. The van der Waals surface area contributed by atoms with E-state index in [-0.39, 0.29) is 37.1 Å². The molecular weight excluding hydrogens is 811 g/mol. The molecule has 6 amide bonds. The predicted molar refractivity (Wildman–Crippen MR) is 238 cm³/mol. The summed E-state index contributed by atoms with van der Waals surface area (Å²) in [6.07, 6.45) is -0.833. The maximum Gasteiger partial charge on any atom is 0.329 e. The molecule has 6 N–H and O–H groups in total. The van der Waals surface area contributed by atoms with Crippen molar-refractivity contribution in [1.82, 2.24) is 36.4 Å². The van der Waals surface area contributed by atoms with Gasteiger partial charge in [-0.15, -0.1) is 0 Å². The molecule has 0 saturated carbocycles. The molecule has 1 aromatic carbocycles. The summed E-state index contributed by atoms with van der Waals surface area (Å²) in [4.78, 5) is 102. The average molecular weight is 886 g/mol. The molecule has 2 saturated heterocycles. The van der Waals surface area contributed by atoms with E-state index in [1.54, 1.807) is 33.2 Å². The number of aryl methyl sites for hydroxylation is 1. The van der Waals surface area contributed by atoms with Crippen molar-refractivity contribution in [3.63, 3.8) is 0 Å². The van der Waals surface area contributed by atoms with Gasteiger partial charge in [0, 0.05) is 13.6 Å². The van der Waals surface area contributed by atoms with Crippen LogP contribution in [-0.4, -0.2) is 138 Å². The van der Waals surface area contributed by atoms with E-state index >= 15 is 0 Å². The molecule has 2 heterocycles. The van der Waals surface area contributed by atoms with Gasteiger partial charge in [0.2, 0.25) is 35.4 Å². The van der Waals surface area contributed by atoms with Crippen LogP contribution in [0.3, 0.4) is 0 Å². The summed E-state index contributed by atoms with van der Waals surface area (Å²) in [6.45, 7) is 16.0. The van der Waals surface area contributed by atoms with Crippen LogP contribution in [-0.2, 0) is 44.7 Å². The molecule has 17 nitrogen and oxygen atoms in total. The molecule has 17 heteroatoms. The molecule has 0 aromatic heterocycles. The molecule has 0 aliphatic carbocycles. The number of likely N-dealkylation sites (N-methyl/N-ethyl adjacent to an activating group) is 2. The molecule has 2 aliphatic rings. The van der Waals surface area contributed by atoms with E-state index in [2.05, 4.69) is 26.6 Å². The van der Waals surface area contributed by atoms with E-state index < -0.39 is 102 Å². The van der Waals surface area contributed by atoms with E-state index in [0.717, 1.165) is 5.56 Å². The van der Waals surface area contributed by atoms with Crippen molar-refractivity contribution in [2.75, 3.05) is 27.7 Å². The molecule has 9 atom stereocenters. The molecule has 0 radical (unpaired) electrons. The largest absolute Gasteiger partial charge is 0.497 e. The molecule has 0 bridgehead atoms. The topological polar surface area (TPSA) is 225 Å². The van der Waals surface area contributed by atoms with E-state index in [0.29, 0.717) is 37.9 Å². The zero-order valence-corrected chi connectivity index (χ0v) is 39.5. The van der Waals surface area contributed by atoms with Crippen molar-refractivity contribution >= 4 is 41.4 Å². The van der Waals surface area contributed by atoms with Crippen LogP contribution >= 0.6 is 0 Å². The van der Waals surface area contributed by atoms with Crippen LogP contribution in [0.4, 0.5) is 0 Å². The minimum absolute atomic E-state index is 0.0410. The van der Waals surface area contributed by atoms with Crippen molar-refractivity contribution in [1.29, 1.82) is 0 Å². The van der Waals surface area contributed by atoms with Crippen LogP contribution in [0.25, 0.3) is 0 Å². The third-order valence-corrected chi connectivity index (χ3v) is 12.2. The van der Waals surface area contributed by atoms with Gasteiger partial charge in [-0.3, -0.25) is 28.8 Å². The number of amides is 6. The fraction of sp³-hybridized carbons (Fsp3) is 0.717. The van der Waals surface area contributed by atoms with Crippen LogP contribution in [0.1, 0.15) is 113 Å². The molecular formula is C46H75N7O10. The first-order valence-corrected chi connectivity index (χ1v) is 22.5. The molecule has 63 heavy (non-hydrogen) atoms. The van der Waals surface area contributed by atoms with Gasteiger partial charge in [-0.05, 0) is 102 Å². The highest BCUT2D eigenvalue weighted by molar-refractivity contribution is 5.97. The highest BCUT2D eigenvalue weighted by Crippen LogP contribution is 2.25. The highest BCUT2D eigenvalue weighted by Gasteiger charge is 2.44. The standard InChI is InChI=1S/C46H75N7O10/c1-13-28(6)38-36(54)25-37(55)51-46(8,9)45(61)48-33(24-27(4)5)42(58)53-22-14-15-34(53)43(59)52(11)35(21-18-30-16-19-31(62-12)20-17-30)44(60)63-29(7)39(41(57)49-38)50-40(56)32(47-10)23-26(2)3/h16-17,19-20,26-29,32-36,38-39,47,54H,13-15,18,21-25H2,1-12H3,(H,48,61)(H,49,57)(H,50,56)(H,51,55)/t28-,29+,32+,33-,34-,35-,36-,38+,39-/m0/s1. The minimum atomic E-state index is -1.54. The SMILES string of the molecule is CC[C@H](C)[C@H]1NC(=O)[C@@H](NC(=O)[C@@H](CC(C)C)NC)[C@@H](C)OC(=O)[C@H](CCc2ccc(OC)cc2)N(C)C(=O)[C@@H]2CCCN2C(=O)[C@H](CC(C)C)NC(=O)C(C)(C)NC(=O)C[C@@H]1O. The molecule has 2 aliphatic heterocycles. The first-order chi connectivity index (χ1) is 29.5. The van der Waals surface area contributed by atoms with Gasteiger partial charge >= 0.3 is 5.97 Å². The van der Waals surface area contributed by atoms with Gasteiger partial charge in [0.25, 0.3) is 0 Å². The third-order valence-electron chi connectivity index (χ3n) is 12.2. The summed E-state index contributed by atoms with van der Waals surface area (Å²) < 4.78 is 11.4. The first-order valence-electron chi connectivity index (χ1n) is 22.5. The Bertz CT molecular complexity index is 1740. The number of carbonyl (C=O) groups excluding carboxylic acids is 7. The number of aliphatic hydroxyl groups is 1. The number of cyclic esters (lactones) is 1. The maximum atomic E-state index is 14.6. The predicted octanol–water partition coefficient (Wildman–Crippen LogP) is 2.22. The second-order valence-electron chi connectivity index (χ2n) is 18.7. The number of aliphatic hydroxyl groups excluding tert-OH is 1. The molecule has 3 rings (SSSR count). The molecule has 1 aromatic rings. The summed E-state index contributed by atoms with van der Waals surface area (Å²) in [5.74, 6) is -4.10. The van der Waals surface area contributed by atoms with Crippen molar-refractivity contribution in [3.05, 3.63) is 29.8 Å². The Morgan fingerprint density at radius 1 is 1.00 bits per heavy atom. The summed E-state index contributed by atoms with van der Waals surface area (Å²) in [5, 5.41) is 25.7. The van der Waals surface area contributed by atoms with Gasteiger partial charge in [-0.1, -0.05) is 60.1 Å². The van der Waals surface area contributed by atoms with Crippen LogP contribution < -0.4 is 31.3 Å². The number of benzene rings is 1. The van der Waals surface area contributed by atoms with E-state index in [9.17, 15) is 38.7 Å². The second-order valence-corrected chi connectivity index (χ2v) is 18.7. The quantitative estimate of drug-likeness (QED) is 0.158. The number of ether oxygens (including phenoxy) is 2. The Kier molecular flexibility index (Phi) is 19.8. The fourth-order valence-corrected chi connectivity index (χ4v) is 8.18. The molecule has 0 unspecified atom stereocenters. The molecule has 0 spiro atoms. The Labute approximate surface area is 373 Å². The van der Waals surface area contributed by atoms with Crippen molar-refractivity contribution < 1.29 is 48.1 Å². The molecule has 2 fully saturated rings. The zero-order valence-electron chi connectivity index (χ0n) is 39.5. The number of hydrogen-bond acceptors (Lipinski definition) is 11. The highest BCUT2D eigenvalue weighted by atomic mass is 16.5. The smallest absolute Gasteiger partial charge is 0.329 e. The van der Waals surface area contributed by atoms with Crippen molar-refractivity contribution in [2.24, 2.45) is 17.8 Å². The van der Waals surface area contributed by atoms with Crippen molar-refractivity contribution in [2.45, 2.75) is 168 Å². The van der Waals surface area contributed by atoms with E-state index in [1.165, 1.54) is 37.6 Å². The average Bonchev–Trinajstić information content (AvgIpc) is 3.72.